The Morgan fingerprint density at radius 2 is 1.50 bits per heavy atom. The summed E-state index contributed by atoms with van der Waals surface area (Å²) < 4.78 is 5.42. The second-order valence-electron chi connectivity index (χ2n) is 6.96. The lowest BCUT2D eigenvalue weighted by atomic mass is 10.1. The molecule has 0 saturated heterocycles. The SMILES string of the molecule is O=C(C=C(C1CC1)C1CC1)Oc1ccc(NC(=O)c2ccccc2)cc1. The highest BCUT2D eigenvalue weighted by Crippen LogP contribution is 2.48. The third kappa shape index (κ3) is 4.20. The minimum Gasteiger partial charge on any atom is -0.423 e. The van der Waals surface area contributed by atoms with Gasteiger partial charge in [0, 0.05) is 17.3 Å². The normalized spacial score (nSPS) is 15.8. The Labute approximate surface area is 152 Å². The fourth-order valence-corrected chi connectivity index (χ4v) is 3.08. The van der Waals surface area contributed by atoms with Gasteiger partial charge in [-0.2, -0.15) is 0 Å². The minimum absolute atomic E-state index is 0.170. The summed E-state index contributed by atoms with van der Waals surface area (Å²) >= 11 is 0. The van der Waals surface area contributed by atoms with E-state index in [9.17, 15) is 9.59 Å². The number of carbonyl (C=O) groups is 2. The number of rotatable bonds is 6. The van der Waals surface area contributed by atoms with Crippen LogP contribution in [0.15, 0.2) is 66.2 Å². The van der Waals surface area contributed by atoms with Crippen molar-refractivity contribution in [1.29, 1.82) is 0 Å². The molecule has 2 fully saturated rings. The van der Waals surface area contributed by atoms with Crippen LogP contribution in [0.1, 0.15) is 36.0 Å². The number of ether oxygens (including phenoxy) is 1. The molecule has 26 heavy (non-hydrogen) atoms. The first-order chi connectivity index (χ1) is 12.7. The van der Waals surface area contributed by atoms with Gasteiger partial charge in [-0.1, -0.05) is 23.8 Å². The Bertz CT molecular complexity index is 817. The van der Waals surface area contributed by atoms with Crippen molar-refractivity contribution in [2.45, 2.75) is 25.7 Å². The summed E-state index contributed by atoms with van der Waals surface area (Å²) in [5.41, 5.74) is 2.54. The van der Waals surface area contributed by atoms with Crippen LogP contribution in [0.4, 0.5) is 5.69 Å². The zero-order valence-electron chi connectivity index (χ0n) is 14.5. The number of hydrogen-bond acceptors (Lipinski definition) is 3. The highest BCUT2D eigenvalue weighted by atomic mass is 16.5. The molecule has 0 atom stereocenters. The molecular weight excluding hydrogens is 326 g/mol. The molecule has 2 aromatic carbocycles. The van der Waals surface area contributed by atoms with Gasteiger partial charge in [0.25, 0.3) is 5.91 Å². The molecule has 132 valence electrons. The van der Waals surface area contributed by atoms with E-state index in [1.807, 2.05) is 18.2 Å². The first kappa shape index (κ1) is 16.6. The molecule has 0 bridgehead atoms. The van der Waals surface area contributed by atoms with Crippen LogP contribution in [-0.4, -0.2) is 11.9 Å². The summed E-state index contributed by atoms with van der Waals surface area (Å²) in [6.07, 6.45) is 6.49. The van der Waals surface area contributed by atoms with Crippen LogP contribution < -0.4 is 10.1 Å². The lowest BCUT2D eigenvalue weighted by Gasteiger charge is -2.07. The van der Waals surface area contributed by atoms with Gasteiger partial charge in [0.05, 0.1) is 0 Å². The number of allylic oxidation sites excluding steroid dienone is 1. The maximum absolute atomic E-state index is 12.2. The van der Waals surface area contributed by atoms with Crippen LogP contribution in [0.25, 0.3) is 0 Å². The van der Waals surface area contributed by atoms with Gasteiger partial charge in [-0.05, 0) is 73.9 Å². The fourth-order valence-electron chi connectivity index (χ4n) is 3.08. The standard InChI is InChI=1S/C22H21NO3/c24-21(14-20(15-6-7-15)16-8-9-16)26-19-12-10-18(11-13-19)23-22(25)17-4-2-1-3-5-17/h1-5,10-16H,6-9H2,(H,23,25). The molecule has 4 rings (SSSR count). The molecule has 0 heterocycles. The van der Waals surface area contributed by atoms with Gasteiger partial charge >= 0.3 is 5.97 Å². The van der Waals surface area contributed by atoms with Crippen molar-refractivity contribution >= 4 is 17.6 Å². The van der Waals surface area contributed by atoms with Gasteiger partial charge in [0.15, 0.2) is 0 Å². The monoisotopic (exact) mass is 347 g/mol. The van der Waals surface area contributed by atoms with Crippen molar-refractivity contribution in [3.63, 3.8) is 0 Å². The van der Waals surface area contributed by atoms with Crippen LogP contribution in [0.5, 0.6) is 5.75 Å². The molecular formula is C22H21NO3. The number of carbonyl (C=O) groups excluding carboxylic acids is 2. The second kappa shape index (κ2) is 7.16. The first-order valence-electron chi connectivity index (χ1n) is 9.09. The minimum atomic E-state index is -0.306. The van der Waals surface area contributed by atoms with E-state index in [4.69, 9.17) is 4.74 Å². The van der Waals surface area contributed by atoms with Crippen molar-refractivity contribution in [2.75, 3.05) is 5.32 Å². The highest BCUT2D eigenvalue weighted by Gasteiger charge is 2.36. The number of nitrogens with one attached hydrogen (secondary N) is 1. The van der Waals surface area contributed by atoms with Gasteiger partial charge in [0.2, 0.25) is 0 Å². The van der Waals surface area contributed by atoms with Gasteiger partial charge < -0.3 is 10.1 Å². The molecule has 2 aliphatic rings. The summed E-state index contributed by atoms with van der Waals surface area (Å²) in [4.78, 5) is 24.3. The molecule has 4 nitrogen and oxygen atoms in total. The van der Waals surface area contributed by atoms with Crippen LogP contribution >= 0.6 is 0 Å². The van der Waals surface area contributed by atoms with Crippen molar-refractivity contribution in [3.8, 4) is 5.75 Å². The van der Waals surface area contributed by atoms with E-state index < -0.39 is 0 Å². The number of amides is 1. The van der Waals surface area contributed by atoms with Gasteiger partial charge in [0.1, 0.15) is 5.75 Å². The van der Waals surface area contributed by atoms with Crippen molar-refractivity contribution in [3.05, 3.63) is 71.8 Å². The predicted octanol–water partition coefficient (Wildman–Crippen LogP) is 4.59. The molecule has 1 N–H and O–H groups in total. The molecule has 1 amide bonds. The second-order valence-corrected chi connectivity index (χ2v) is 6.96. The zero-order chi connectivity index (χ0) is 17.9. The van der Waals surface area contributed by atoms with Gasteiger partial charge in [-0.15, -0.1) is 0 Å². The van der Waals surface area contributed by atoms with Gasteiger partial charge in [-0.25, -0.2) is 4.79 Å². The maximum atomic E-state index is 12.2. The predicted molar refractivity (Wildman–Crippen MR) is 100 cm³/mol. The van der Waals surface area contributed by atoms with E-state index in [1.54, 1.807) is 42.5 Å². The molecule has 0 aliphatic heterocycles. The Morgan fingerprint density at radius 3 is 2.08 bits per heavy atom. The number of hydrogen-bond donors (Lipinski definition) is 1. The molecule has 0 radical (unpaired) electrons. The Hall–Kier alpha value is -2.88. The molecule has 0 aromatic heterocycles. The largest absolute Gasteiger partial charge is 0.423 e. The highest BCUT2D eigenvalue weighted by molar-refractivity contribution is 6.04. The average molecular weight is 347 g/mol. The summed E-state index contributed by atoms with van der Waals surface area (Å²) in [6, 6.07) is 15.9. The van der Waals surface area contributed by atoms with E-state index in [0.717, 1.165) is 0 Å². The fraction of sp³-hybridized carbons (Fsp3) is 0.273. The summed E-state index contributed by atoms with van der Waals surface area (Å²) in [5.74, 6) is 1.21. The number of anilines is 1. The zero-order valence-corrected chi connectivity index (χ0v) is 14.5. The van der Waals surface area contributed by atoms with Crippen LogP contribution in [0, 0.1) is 11.8 Å². The molecule has 2 aromatic rings. The van der Waals surface area contributed by atoms with Crippen LogP contribution in [0.2, 0.25) is 0 Å². The van der Waals surface area contributed by atoms with Crippen molar-refractivity contribution < 1.29 is 14.3 Å². The van der Waals surface area contributed by atoms with E-state index in [1.165, 1.54) is 31.3 Å². The Kier molecular flexibility index (Phi) is 4.57. The molecule has 2 aliphatic carbocycles. The molecule has 0 spiro atoms. The molecule has 2 saturated carbocycles. The first-order valence-corrected chi connectivity index (χ1v) is 9.09. The number of benzene rings is 2. The summed E-state index contributed by atoms with van der Waals surface area (Å²) in [5, 5.41) is 2.83. The Balaban J connectivity index is 1.36. The summed E-state index contributed by atoms with van der Waals surface area (Å²) in [6.45, 7) is 0. The lowest BCUT2D eigenvalue weighted by molar-refractivity contribution is -0.129. The van der Waals surface area contributed by atoms with Crippen molar-refractivity contribution in [1.82, 2.24) is 0 Å². The lowest BCUT2D eigenvalue weighted by Crippen LogP contribution is -2.11. The van der Waals surface area contributed by atoms with E-state index >= 15 is 0 Å². The van der Waals surface area contributed by atoms with Crippen LogP contribution in [0.3, 0.4) is 0 Å². The molecule has 0 unspecified atom stereocenters. The third-order valence-corrected chi connectivity index (χ3v) is 4.75. The summed E-state index contributed by atoms with van der Waals surface area (Å²) in [7, 11) is 0. The van der Waals surface area contributed by atoms with E-state index in [0.29, 0.717) is 28.8 Å². The van der Waals surface area contributed by atoms with E-state index in [-0.39, 0.29) is 11.9 Å². The van der Waals surface area contributed by atoms with E-state index in [2.05, 4.69) is 5.32 Å². The average Bonchev–Trinajstić information content (AvgIpc) is 3.56. The van der Waals surface area contributed by atoms with Crippen LogP contribution in [-0.2, 0) is 4.79 Å². The Morgan fingerprint density at radius 1 is 0.885 bits per heavy atom. The number of esters is 1. The molecule has 4 heteroatoms. The maximum Gasteiger partial charge on any atom is 0.336 e. The quantitative estimate of drug-likeness (QED) is 0.472. The topological polar surface area (TPSA) is 55.4 Å². The third-order valence-electron chi connectivity index (χ3n) is 4.75. The smallest absolute Gasteiger partial charge is 0.336 e. The van der Waals surface area contributed by atoms with Gasteiger partial charge in [-0.3, -0.25) is 4.79 Å². The van der Waals surface area contributed by atoms with Crippen molar-refractivity contribution in [2.24, 2.45) is 11.8 Å².